The van der Waals surface area contributed by atoms with Crippen LogP contribution in [-0.4, -0.2) is 39.4 Å². The zero-order chi connectivity index (χ0) is 16.8. The van der Waals surface area contributed by atoms with Gasteiger partial charge in [-0.2, -0.15) is 0 Å². The van der Waals surface area contributed by atoms with Crippen LogP contribution in [0.2, 0.25) is 0 Å². The standard InChI is InChI=1S/C18H31N3O2/c1-4-6-12-23-13-8-11-20-18(19-5-2)21-15-16-9-7-10-17(14-16)22-3/h7,9-10,14H,4-6,8,11-13,15H2,1-3H3,(H2,19,20,21). The van der Waals surface area contributed by atoms with Crippen molar-refractivity contribution in [3.05, 3.63) is 29.8 Å². The molecule has 1 aromatic carbocycles. The summed E-state index contributed by atoms with van der Waals surface area (Å²) in [4.78, 5) is 4.60. The molecule has 0 radical (unpaired) electrons. The lowest BCUT2D eigenvalue weighted by Gasteiger charge is -2.11. The van der Waals surface area contributed by atoms with E-state index in [0.717, 1.165) is 56.4 Å². The predicted octanol–water partition coefficient (Wildman–Crippen LogP) is 2.96. The van der Waals surface area contributed by atoms with Crippen LogP contribution in [0.4, 0.5) is 0 Å². The number of benzene rings is 1. The molecule has 0 aliphatic carbocycles. The Hall–Kier alpha value is -1.75. The molecule has 1 rings (SSSR count). The van der Waals surface area contributed by atoms with Crippen molar-refractivity contribution in [2.45, 2.75) is 39.7 Å². The second-order valence-electron chi connectivity index (χ2n) is 5.29. The van der Waals surface area contributed by atoms with Gasteiger partial charge in [-0.25, -0.2) is 4.99 Å². The summed E-state index contributed by atoms with van der Waals surface area (Å²) in [5.41, 5.74) is 1.13. The fourth-order valence-corrected chi connectivity index (χ4v) is 2.01. The number of hydrogen-bond donors (Lipinski definition) is 2. The minimum Gasteiger partial charge on any atom is -0.497 e. The van der Waals surface area contributed by atoms with Crippen LogP contribution in [0.15, 0.2) is 29.3 Å². The highest BCUT2D eigenvalue weighted by molar-refractivity contribution is 5.79. The topological polar surface area (TPSA) is 54.9 Å². The molecule has 0 atom stereocenters. The molecule has 0 fully saturated rings. The molecule has 5 heteroatoms. The average molecular weight is 321 g/mol. The van der Waals surface area contributed by atoms with Crippen molar-refractivity contribution in [3.63, 3.8) is 0 Å². The summed E-state index contributed by atoms with van der Waals surface area (Å²) in [5.74, 6) is 1.70. The highest BCUT2D eigenvalue weighted by Crippen LogP contribution is 2.13. The molecular formula is C18H31N3O2. The third kappa shape index (κ3) is 9.08. The lowest BCUT2D eigenvalue weighted by atomic mass is 10.2. The van der Waals surface area contributed by atoms with Gasteiger partial charge in [0.15, 0.2) is 5.96 Å². The van der Waals surface area contributed by atoms with Gasteiger partial charge in [0.05, 0.1) is 13.7 Å². The molecule has 0 spiro atoms. The summed E-state index contributed by atoms with van der Waals surface area (Å²) in [6, 6.07) is 7.98. The van der Waals surface area contributed by atoms with E-state index in [4.69, 9.17) is 9.47 Å². The lowest BCUT2D eigenvalue weighted by molar-refractivity contribution is 0.129. The predicted molar refractivity (Wildman–Crippen MR) is 96.2 cm³/mol. The SMILES string of the molecule is CCCCOCCCNC(=NCc1cccc(OC)c1)NCC. The summed E-state index contributed by atoms with van der Waals surface area (Å²) in [6.07, 6.45) is 3.30. The van der Waals surface area contributed by atoms with E-state index in [9.17, 15) is 0 Å². The molecule has 2 N–H and O–H groups in total. The van der Waals surface area contributed by atoms with E-state index in [1.807, 2.05) is 18.2 Å². The van der Waals surface area contributed by atoms with Gasteiger partial charge < -0.3 is 20.1 Å². The van der Waals surface area contributed by atoms with Crippen LogP contribution in [0, 0.1) is 0 Å². The van der Waals surface area contributed by atoms with Gasteiger partial charge in [0.25, 0.3) is 0 Å². The highest BCUT2D eigenvalue weighted by Gasteiger charge is 1.99. The first-order valence-corrected chi connectivity index (χ1v) is 8.53. The van der Waals surface area contributed by atoms with Gasteiger partial charge >= 0.3 is 0 Å². The second-order valence-corrected chi connectivity index (χ2v) is 5.29. The van der Waals surface area contributed by atoms with Crippen molar-refractivity contribution in [2.75, 3.05) is 33.4 Å². The molecule has 0 heterocycles. The van der Waals surface area contributed by atoms with E-state index in [2.05, 4.69) is 35.5 Å². The fourth-order valence-electron chi connectivity index (χ4n) is 2.01. The molecule has 0 unspecified atom stereocenters. The van der Waals surface area contributed by atoms with Gasteiger partial charge in [0.1, 0.15) is 5.75 Å². The zero-order valence-electron chi connectivity index (χ0n) is 14.7. The maximum atomic E-state index is 5.56. The average Bonchev–Trinajstić information content (AvgIpc) is 2.59. The number of guanidine groups is 1. The van der Waals surface area contributed by atoms with Crippen LogP contribution in [0.25, 0.3) is 0 Å². The molecule has 0 aromatic heterocycles. The normalized spacial score (nSPS) is 11.3. The van der Waals surface area contributed by atoms with Crippen molar-refractivity contribution in [3.8, 4) is 5.75 Å². The van der Waals surface area contributed by atoms with Crippen molar-refractivity contribution in [1.82, 2.24) is 10.6 Å². The molecule has 0 amide bonds. The summed E-state index contributed by atoms with van der Waals surface area (Å²) in [7, 11) is 1.68. The Labute approximate surface area is 140 Å². The Bertz CT molecular complexity index is 450. The first kappa shape index (κ1) is 19.3. The zero-order valence-corrected chi connectivity index (χ0v) is 14.7. The largest absolute Gasteiger partial charge is 0.497 e. The maximum absolute atomic E-state index is 5.56. The first-order valence-electron chi connectivity index (χ1n) is 8.53. The van der Waals surface area contributed by atoms with Crippen LogP contribution in [-0.2, 0) is 11.3 Å². The van der Waals surface area contributed by atoms with Gasteiger partial charge in [-0.05, 0) is 37.5 Å². The number of ether oxygens (including phenoxy) is 2. The summed E-state index contributed by atoms with van der Waals surface area (Å²) in [6.45, 7) is 8.22. The molecule has 0 saturated carbocycles. The molecule has 0 saturated heterocycles. The minimum absolute atomic E-state index is 0.625. The Kier molecular flexibility index (Phi) is 10.7. The molecule has 0 bridgehead atoms. The van der Waals surface area contributed by atoms with E-state index < -0.39 is 0 Å². The van der Waals surface area contributed by atoms with Crippen molar-refractivity contribution >= 4 is 5.96 Å². The Morgan fingerprint density at radius 3 is 2.70 bits per heavy atom. The number of rotatable bonds is 11. The number of methoxy groups -OCH3 is 1. The minimum atomic E-state index is 0.625. The van der Waals surface area contributed by atoms with Crippen LogP contribution < -0.4 is 15.4 Å². The van der Waals surface area contributed by atoms with E-state index in [1.54, 1.807) is 7.11 Å². The molecule has 0 aliphatic rings. The Morgan fingerprint density at radius 1 is 1.13 bits per heavy atom. The third-order valence-electron chi connectivity index (χ3n) is 3.30. The molecule has 0 aliphatic heterocycles. The van der Waals surface area contributed by atoms with Crippen molar-refractivity contribution in [2.24, 2.45) is 4.99 Å². The number of unbranched alkanes of at least 4 members (excludes halogenated alkanes) is 1. The number of hydrogen-bond acceptors (Lipinski definition) is 3. The maximum Gasteiger partial charge on any atom is 0.191 e. The molecular weight excluding hydrogens is 290 g/mol. The van der Waals surface area contributed by atoms with Crippen LogP contribution >= 0.6 is 0 Å². The van der Waals surface area contributed by atoms with Gasteiger partial charge in [0.2, 0.25) is 0 Å². The van der Waals surface area contributed by atoms with Crippen molar-refractivity contribution < 1.29 is 9.47 Å². The molecule has 130 valence electrons. The van der Waals surface area contributed by atoms with Gasteiger partial charge in [-0.1, -0.05) is 25.5 Å². The number of aliphatic imine (C=N–C) groups is 1. The fraction of sp³-hybridized carbons (Fsp3) is 0.611. The highest BCUT2D eigenvalue weighted by atomic mass is 16.5. The van der Waals surface area contributed by atoms with E-state index >= 15 is 0 Å². The molecule has 1 aromatic rings. The van der Waals surface area contributed by atoms with E-state index in [0.29, 0.717) is 6.54 Å². The number of nitrogens with zero attached hydrogens (tertiary/aromatic N) is 1. The molecule has 5 nitrogen and oxygen atoms in total. The Morgan fingerprint density at radius 2 is 1.96 bits per heavy atom. The Balaban J connectivity index is 2.34. The second kappa shape index (κ2) is 12.8. The third-order valence-corrected chi connectivity index (χ3v) is 3.30. The van der Waals surface area contributed by atoms with Gasteiger partial charge in [-0.15, -0.1) is 0 Å². The van der Waals surface area contributed by atoms with Crippen LogP contribution in [0.3, 0.4) is 0 Å². The summed E-state index contributed by atoms with van der Waals surface area (Å²) < 4.78 is 10.8. The smallest absolute Gasteiger partial charge is 0.191 e. The lowest BCUT2D eigenvalue weighted by Crippen LogP contribution is -2.38. The van der Waals surface area contributed by atoms with Crippen LogP contribution in [0.1, 0.15) is 38.7 Å². The van der Waals surface area contributed by atoms with E-state index in [1.165, 1.54) is 6.42 Å². The molecule has 23 heavy (non-hydrogen) atoms. The van der Waals surface area contributed by atoms with Crippen LogP contribution in [0.5, 0.6) is 5.75 Å². The van der Waals surface area contributed by atoms with Gasteiger partial charge in [0, 0.05) is 26.3 Å². The van der Waals surface area contributed by atoms with Crippen molar-refractivity contribution in [1.29, 1.82) is 0 Å². The summed E-state index contributed by atoms with van der Waals surface area (Å²) >= 11 is 0. The summed E-state index contributed by atoms with van der Waals surface area (Å²) in [5, 5.41) is 6.60. The van der Waals surface area contributed by atoms with E-state index in [-0.39, 0.29) is 0 Å². The van der Waals surface area contributed by atoms with Gasteiger partial charge in [-0.3, -0.25) is 0 Å². The quantitative estimate of drug-likeness (QED) is 0.374. The number of nitrogens with one attached hydrogen (secondary N) is 2. The first-order chi connectivity index (χ1) is 11.3. The monoisotopic (exact) mass is 321 g/mol.